The molecule has 3 heterocycles. The fourth-order valence-corrected chi connectivity index (χ4v) is 5.96. The number of benzene rings is 3. The Morgan fingerprint density at radius 1 is 0.865 bits per heavy atom. The molecule has 0 amide bonds. The molecule has 6 rings (SSSR count). The molecule has 3 aromatic carbocycles. The highest BCUT2D eigenvalue weighted by atomic mass is 32.2. The maximum Gasteiger partial charge on any atom is 0.268 e. The molecule has 0 bridgehead atoms. The maximum atomic E-state index is 14.9. The van der Waals surface area contributed by atoms with E-state index in [4.69, 9.17) is 4.42 Å². The molecule has 0 aliphatic heterocycles. The van der Waals surface area contributed by atoms with Crippen LogP contribution in [-0.4, -0.2) is 27.2 Å². The van der Waals surface area contributed by atoms with Crippen molar-refractivity contribution in [3.8, 4) is 34.1 Å². The van der Waals surface area contributed by atoms with Gasteiger partial charge >= 0.3 is 0 Å². The number of fused-ring (bicyclic) bond motifs is 1. The van der Waals surface area contributed by atoms with Crippen molar-refractivity contribution in [2.24, 2.45) is 7.05 Å². The van der Waals surface area contributed by atoms with Crippen LogP contribution in [0.3, 0.4) is 0 Å². The molecule has 37 heavy (non-hydrogen) atoms. The Labute approximate surface area is 210 Å². The van der Waals surface area contributed by atoms with Crippen molar-refractivity contribution in [2.75, 3.05) is 0 Å². The summed E-state index contributed by atoms with van der Waals surface area (Å²) in [6.07, 6.45) is 2.98. The minimum absolute atomic E-state index is 0.00296. The van der Waals surface area contributed by atoms with E-state index in [-0.39, 0.29) is 16.1 Å². The minimum atomic E-state index is -4.20. The summed E-state index contributed by atoms with van der Waals surface area (Å²) in [4.78, 5) is 4.12. The maximum absolute atomic E-state index is 14.9. The van der Waals surface area contributed by atoms with Gasteiger partial charge in [-0.1, -0.05) is 30.3 Å². The monoisotopic (exact) mass is 516 g/mol. The largest absolute Gasteiger partial charge is 0.443 e. The van der Waals surface area contributed by atoms with Crippen LogP contribution in [0.2, 0.25) is 0 Å². The van der Waals surface area contributed by atoms with Crippen LogP contribution in [-0.2, 0) is 17.1 Å². The van der Waals surface area contributed by atoms with Crippen molar-refractivity contribution >= 4 is 20.9 Å². The van der Waals surface area contributed by atoms with E-state index in [0.717, 1.165) is 21.7 Å². The Bertz CT molecular complexity index is 1860. The number of hydrogen-bond donors (Lipinski definition) is 0. The van der Waals surface area contributed by atoms with Gasteiger partial charge in [-0.3, -0.25) is 4.68 Å². The summed E-state index contributed by atoms with van der Waals surface area (Å²) in [5, 5.41) is 4.92. The summed E-state index contributed by atoms with van der Waals surface area (Å²) in [5.41, 5.74) is 1.70. The second-order valence-electron chi connectivity index (χ2n) is 8.36. The lowest BCUT2D eigenvalue weighted by Crippen LogP contribution is -2.14. The Morgan fingerprint density at radius 2 is 1.62 bits per heavy atom. The molecule has 7 nitrogen and oxygen atoms in total. The number of oxazole rings is 1. The molecule has 184 valence electrons. The summed E-state index contributed by atoms with van der Waals surface area (Å²) in [5.74, 6) is -1.37. The molecule has 3 aromatic heterocycles. The third kappa shape index (κ3) is 3.73. The zero-order valence-corrected chi connectivity index (χ0v) is 20.2. The van der Waals surface area contributed by atoms with E-state index in [0.29, 0.717) is 22.7 Å². The van der Waals surface area contributed by atoms with Crippen LogP contribution in [0.1, 0.15) is 0 Å². The number of aryl methyl sites for hydroxylation is 1. The molecule has 0 radical (unpaired) electrons. The van der Waals surface area contributed by atoms with Gasteiger partial charge in [0.1, 0.15) is 23.6 Å². The molecule has 0 saturated carbocycles. The average Bonchev–Trinajstić information content (AvgIpc) is 3.63. The standard InChI is InChI=1S/C27H18F2N4O3S/c1-32-24(16-22(31-32)27-30-12-13-36-27)17-10-11-23-18(14-17)15-25(26-20(28)8-5-9-21(26)29)33(23)37(34,35)19-6-3-2-4-7-19/h2-16H,1H3. The molecular weight excluding hydrogens is 498 g/mol. The van der Waals surface area contributed by atoms with Crippen LogP contribution in [0.25, 0.3) is 45.0 Å². The van der Waals surface area contributed by atoms with Gasteiger partial charge in [0.15, 0.2) is 0 Å². The second-order valence-corrected chi connectivity index (χ2v) is 10.1. The van der Waals surface area contributed by atoms with E-state index in [1.807, 2.05) is 0 Å². The molecule has 0 fully saturated rings. The Balaban J connectivity index is 1.60. The van der Waals surface area contributed by atoms with Crippen LogP contribution < -0.4 is 0 Å². The zero-order chi connectivity index (χ0) is 25.7. The lowest BCUT2D eigenvalue weighted by Gasteiger charge is -2.13. The van der Waals surface area contributed by atoms with Crippen LogP contribution in [0.5, 0.6) is 0 Å². The zero-order valence-electron chi connectivity index (χ0n) is 19.3. The highest BCUT2D eigenvalue weighted by Crippen LogP contribution is 2.37. The molecular formula is C27H18F2N4O3S. The molecule has 0 aliphatic rings. The lowest BCUT2D eigenvalue weighted by atomic mass is 10.1. The number of halogens is 2. The summed E-state index contributed by atoms with van der Waals surface area (Å²) in [6, 6.07) is 19.6. The number of rotatable bonds is 5. The topological polar surface area (TPSA) is 82.9 Å². The summed E-state index contributed by atoms with van der Waals surface area (Å²) in [7, 11) is -2.44. The highest BCUT2D eigenvalue weighted by molar-refractivity contribution is 7.90. The van der Waals surface area contributed by atoms with Crippen LogP contribution in [0, 0.1) is 11.6 Å². The molecule has 6 aromatic rings. The van der Waals surface area contributed by atoms with Gasteiger partial charge in [-0.2, -0.15) is 5.10 Å². The van der Waals surface area contributed by atoms with Crippen LogP contribution in [0.4, 0.5) is 8.78 Å². The van der Waals surface area contributed by atoms with E-state index < -0.39 is 27.2 Å². The SMILES string of the molecule is Cn1nc(-c2ncco2)cc1-c1ccc2c(c1)cc(-c1c(F)cccc1F)n2S(=O)(=O)c1ccccc1. The van der Waals surface area contributed by atoms with Crippen molar-refractivity contribution in [3.63, 3.8) is 0 Å². The minimum Gasteiger partial charge on any atom is -0.443 e. The molecule has 10 heteroatoms. The Kier molecular flexibility index (Phi) is 5.27. The highest BCUT2D eigenvalue weighted by Gasteiger charge is 2.27. The van der Waals surface area contributed by atoms with Crippen molar-refractivity contribution in [1.29, 1.82) is 0 Å². The van der Waals surface area contributed by atoms with Gasteiger partial charge in [0.25, 0.3) is 10.0 Å². The van der Waals surface area contributed by atoms with E-state index in [9.17, 15) is 17.2 Å². The number of aromatic nitrogens is 4. The third-order valence-electron chi connectivity index (χ3n) is 6.08. The van der Waals surface area contributed by atoms with Crippen molar-refractivity contribution in [1.82, 2.24) is 18.7 Å². The lowest BCUT2D eigenvalue weighted by molar-refractivity contribution is 0.570. The van der Waals surface area contributed by atoms with Crippen LogP contribution in [0.15, 0.2) is 101 Å². The third-order valence-corrected chi connectivity index (χ3v) is 7.83. The van der Waals surface area contributed by atoms with Gasteiger partial charge in [-0.25, -0.2) is 26.2 Å². The van der Waals surface area contributed by atoms with E-state index in [1.165, 1.54) is 36.7 Å². The first kappa shape index (κ1) is 22.9. The van der Waals surface area contributed by atoms with E-state index >= 15 is 0 Å². The quantitative estimate of drug-likeness (QED) is 0.286. The van der Waals surface area contributed by atoms with Gasteiger partial charge in [0, 0.05) is 18.0 Å². The van der Waals surface area contributed by atoms with Gasteiger partial charge in [0.2, 0.25) is 5.89 Å². The van der Waals surface area contributed by atoms with Crippen LogP contribution >= 0.6 is 0 Å². The molecule has 0 N–H and O–H groups in total. The smallest absolute Gasteiger partial charge is 0.268 e. The van der Waals surface area contributed by atoms with Crippen molar-refractivity contribution in [3.05, 3.63) is 103 Å². The van der Waals surface area contributed by atoms with E-state index in [2.05, 4.69) is 10.1 Å². The summed E-state index contributed by atoms with van der Waals surface area (Å²) in [6.45, 7) is 0. The van der Waals surface area contributed by atoms with Crippen molar-refractivity contribution in [2.45, 2.75) is 4.90 Å². The average molecular weight is 517 g/mol. The normalized spacial score (nSPS) is 11.9. The van der Waals surface area contributed by atoms with Gasteiger partial charge in [0.05, 0.1) is 33.6 Å². The van der Waals surface area contributed by atoms with Gasteiger partial charge < -0.3 is 4.42 Å². The molecule has 0 unspecified atom stereocenters. The number of nitrogens with zero attached hydrogens (tertiary/aromatic N) is 4. The first-order valence-electron chi connectivity index (χ1n) is 11.2. The molecule has 0 atom stereocenters. The predicted molar refractivity (Wildman–Crippen MR) is 134 cm³/mol. The van der Waals surface area contributed by atoms with Gasteiger partial charge in [-0.15, -0.1) is 0 Å². The second kappa shape index (κ2) is 8.52. The summed E-state index contributed by atoms with van der Waals surface area (Å²) >= 11 is 0. The Morgan fingerprint density at radius 3 is 2.32 bits per heavy atom. The summed E-state index contributed by atoms with van der Waals surface area (Å²) < 4.78 is 65.3. The van der Waals surface area contributed by atoms with E-state index in [1.54, 1.807) is 54.2 Å². The fraction of sp³-hybridized carbons (Fsp3) is 0.0370. The fourth-order valence-electron chi connectivity index (χ4n) is 4.42. The van der Waals surface area contributed by atoms with Crippen molar-refractivity contribution < 1.29 is 21.6 Å². The first-order valence-corrected chi connectivity index (χ1v) is 12.6. The number of hydrogen-bond acceptors (Lipinski definition) is 5. The molecule has 0 spiro atoms. The molecule has 0 aliphatic carbocycles. The first-order chi connectivity index (χ1) is 17.8. The molecule has 0 saturated heterocycles. The predicted octanol–water partition coefficient (Wildman–Crippen LogP) is 5.88. The van der Waals surface area contributed by atoms with Gasteiger partial charge in [-0.05, 0) is 48.5 Å². The Hall–Kier alpha value is -4.57.